The molecule has 0 bridgehead atoms. The predicted molar refractivity (Wildman–Crippen MR) is 77.6 cm³/mol. The number of thiazole rings is 1. The summed E-state index contributed by atoms with van der Waals surface area (Å²) in [5.41, 5.74) is 0.357. The number of fused-ring (bicyclic) bond motifs is 1. The Labute approximate surface area is 127 Å². The van der Waals surface area contributed by atoms with Crippen molar-refractivity contribution < 1.29 is 19.2 Å². The van der Waals surface area contributed by atoms with E-state index < -0.39 is 10.9 Å². The molecule has 3 rings (SSSR count). The second kappa shape index (κ2) is 5.45. The van der Waals surface area contributed by atoms with Gasteiger partial charge in [-0.3, -0.25) is 0 Å². The van der Waals surface area contributed by atoms with Crippen LogP contribution in [-0.2, 0) is 4.74 Å². The van der Waals surface area contributed by atoms with E-state index in [0.717, 1.165) is 0 Å². The second-order valence-electron chi connectivity index (χ2n) is 4.17. The lowest BCUT2D eigenvalue weighted by atomic mass is 10.2. The van der Waals surface area contributed by atoms with E-state index in [1.54, 1.807) is 11.6 Å². The van der Waals surface area contributed by atoms with Gasteiger partial charge in [0.25, 0.3) is 4.96 Å². The molecule has 3 aromatic rings. The molecule has 112 valence electrons. The summed E-state index contributed by atoms with van der Waals surface area (Å²) in [4.78, 5) is 26.5. The zero-order valence-corrected chi connectivity index (χ0v) is 12.1. The Morgan fingerprint density at radius 1 is 1.36 bits per heavy atom. The van der Waals surface area contributed by atoms with E-state index in [1.807, 2.05) is 0 Å². The zero-order chi connectivity index (χ0) is 15.7. The number of rotatable bonds is 4. The number of hydrogen-bond acceptors (Lipinski definition) is 7. The van der Waals surface area contributed by atoms with Crippen molar-refractivity contribution in [3.05, 3.63) is 51.5 Å². The number of imidazole rings is 1. The number of nitrogens with zero attached hydrogens (tertiary/aromatic N) is 3. The summed E-state index contributed by atoms with van der Waals surface area (Å²) in [6, 6.07) is 6.05. The first-order valence-electron chi connectivity index (χ1n) is 6.06. The highest BCUT2D eigenvalue weighted by molar-refractivity contribution is 7.15. The van der Waals surface area contributed by atoms with Crippen molar-refractivity contribution in [1.29, 1.82) is 0 Å². The molecule has 22 heavy (non-hydrogen) atoms. The minimum atomic E-state index is -0.551. The molecule has 0 saturated carbocycles. The van der Waals surface area contributed by atoms with Gasteiger partial charge in [-0.1, -0.05) is 11.3 Å². The van der Waals surface area contributed by atoms with Crippen LogP contribution in [0, 0.1) is 10.1 Å². The van der Waals surface area contributed by atoms with Crippen LogP contribution in [0.4, 0.5) is 5.82 Å². The van der Waals surface area contributed by atoms with Crippen molar-refractivity contribution in [2.45, 2.75) is 0 Å². The van der Waals surface area contributed by atoms with E-state index in [2.05, 4.69) is 9.72 Å². The van der Waals surface area contributed by atoms with E-state index in [4.69, 9.17) is 4.74 Å². The van der Waals surface area contributed by atoms with Crippen LogP contribution in [0.1, 0.15) is 10.4 Å². The summed E-state index contributed by atoms with van der Waals surface area (Å²) in [7, 11) is 1.29. The zero-order valence-electron chi connectivity index (χ0n) is 11.3. The molecule has 0 saturated heterocycles. The predicted octanol–water partition coefficient (Wildman–Crippen LogP) is 2.88. The van der Waals surface area contributed by atoms with Gasteiger partial charge in [0.2, 0.25) is 0 Å². The summed E-state index contributed by atoms with van der Waals surface area (Å²) >= 11 is 1.27. The van der Waals surface area contributed by atoms with E-state index in [0.29, 0.717) is 16.3 Å². The molecule has 0 N–H and O–H groups in total. The number of carbonyl (C=O) groups excluding carboxylic acids is 1. The van der Waals surface area contributed by atoms with Crippen LogP contribution in [0.15, 0.2) is 35.8 Å². The quantitative estimate of drug-likeness (QED) is 0.417. The van der Waals surface area contributed by atoms with Gasteiger partial charge in [-0.25, -0.2) is 4.79 Å². The number of carbonyl (C=O) groups is 1. The van der Waals surface area contributed by atoms with Crippen LogP contribution < -0.4 is 4.74 Å². The van der Waals surface area contributed by atoms with Gasteiger partial charge >= 0.3 is 17.7 Å². The lowest BCUT2D eigenvalue weighted by molar-refractivity contribution is -0.391. The van der Waals surface area contributed by atoms with Gasteiger partial charge in [-0.2, -0.15) is 9.38 Å². The van der Waals surface area contributed by atoms with Crippen LogP contribution in [-0.4, -0.2) is 27.4 Å². The molecule has 0 aliphatic rings. The third-order valence-electron chi connectivity index (χ3n) is 2.87. The largest absolute Gasteiger partial charge is 0.465 e. The van der Waals surface area contributed by atoms with Gasteiger partial charge in [0.1, 0.15) is 11.9 Å². The van der Waals surface area contributed by atoms with Crippen LogP contribution >= 0.6 is 11.3 Å². The van der Waals surface area contributed by atoms with Gasteiger partial charge in [-0.05, 0) is 29.2 Å². The maximum Gasteiger partial charge on any atom is 0.393 e. The van der Waals surface area contributed by atoms with Gasteiger partial charge in [-0.15, -0.1) is 0 Å². The number of hydrogen-bond donors (Lipinski definition) is 0. The Bertz CT molecular complexity index is 852. The van der Waals surface area contributed by atoms with Crippen molar-refractivity contribution in [3.8, 4) is 11.6 Å². The standard InChI is InChI=1S/C13H9N3O5S/c1-20-12(17)8-2-4-9(5-3-8)21-10-11(16(18)19)15-6-7-22-13(15)14-10/h2-7H,1H3. The minimum Gasteiger partial charge on any atom is -0.465 e. The maximum atomic E-state index is 11.3. The number of aromatic nitrogens is 2. The summed E-state index contributed by atoms with van der Waals surface area (Å²) in [5, 5.41) is 12.9. The van der Waals surface area contributed by atoms with Crippen molar-refractivity contribution in [3.63, 3.8) is 0 Å². The second-order valence-corrected chi connectivity index (χ2v) is 5.04. The fourth-order valence-corrected chi connectivity index (χ4v) is 2.58. The number of methoxy groups -OCH3 is 1. The summed E-state index contributed by atoms with van der Waals surface area (Å²) in [6.07, 6.45) is 1.55. The lowest BCUT2D eigenvalue weighted by Gasteiger charge is -2.03. The van der Waals surface area contributed by atoms with Gasteiger partial charge < -0.3 is 19.6 Å². The Kier molecular flexibility index (Phi) is 3.47. The first kappa shape index (κ1) is 14.0. The van der Waals surface area contributed by atoms with Crippen LogP contribution in [0.5, 0.6) is 11.6 Å². The molecule has 0 aliphatic carbocycles. The molecule has 1 aromatic carbocycles. The fraction of sp³-hybridized carbons (Fsp3) is 0.0769. The SMILES string of the molecule is COC(=O)c1ccc(Oc2nc3sccn3c2[N+](=O)[O-])cc1. The minimum absolute atomic E-state index is 0.0948. The van der Waals surface area contributed by atoms with E-state index >= 15 is 0 Å². The van der Waals surface area contributed by atoms with E-state index in [-0.39, 0.29) is 11.7 Å². The third-order valence-corrected chi connectivity index (χ3v) is 3.63. The lowest BCUT2D eigenvalue weighted by Crippen LogP contribution is -2.00. The highest BCUT2D eigenvalue weighted by atomic mass is 32.1. The van der Waals surface area contributed by atoms with Crippen molar-refractivity contribution in [2.75, 3.05) is 7.11 Å². The van der Waals surface area contributed by atoms with Crippen molar-refractivity contribution >= 4 is 28.1 Å². The molecule has 0 amide bonds. The first-order chi connectivity index (χ1) is 10.6. The molecule has 8 nitrogen and oxygen atoms in total. The fourth-order valence-electron chi connectivity index (χ4n) is 1.88. The molecule has 2 aromatic heterocycles. The van der Waals surface area contributed by atoms with Crippen molar-refractivity contribution in [2.24, 2.45) is 0 Å². The summed E-state index contributed by atoms with van der Waals surface area (Å²) in [5.74, 6) is -0.475. The molecule has 0 aliphatic heterocycles. The number of esters is 1. The highest BCUT2D eigenvalue weighted by Gasteiger charge is 2.25. The Morgan fingerprint density at radius 2 is 2.09 bits per heavy atom. The van der Waals surface area contributed by atoms with E-state index in [9.17, 15) is 14.9 Å². The normalized spacial score (nSPS) is 10.6. The molecular formula is C13H9N3O5S. The molecule has 2 heterocycles. The topological polar surface area (TPSA) is 96.0 Å². The molecule has 0 atom stereocenters. The summed E-state index contributed by atoms with van der Waals surface area (Å²) < 4.78 is 11.4. The number of benzene rings is 1. The molecular weight excluding hydrogens is 310 g/mol. The third kappa shape index (κ3) is 2.37. The first-order valence-corrected chi connectivity index (χ1v) is 6.94. The van der Waals surface area contributed by atoms with E-state index in [1.165, 1.54) is 47.1 Å². The molecule has 0 unspecified atom stereocenters. The van der Waals surface area contributed by atoms with Crippen LogP contribution in [0.25, 0.3) is 4.96 Å². The molecule has 9 heteroatoms. The van der Waals surface area contributed by atoms with Crippen LogP contribution in [0.2, 0.25) is 0 Å². The molecule has 0 spiro atoms. The Morgan fingerprint density at radius 3 is 2.73 bits per heavy atom. The van der Waals surface area contributed by atoms with Crippen LogP contribution in [0.3, 0.4) is 0 Å². The van der Waals surface area contributed by atoms with Gasteiger partial charge in [0.05, 0.1) is 12.7 Å². The Hall–Kier alpha value is -2.94. The highest BCUT2D eigenvalue weighted by Crippen LogP contribution is 2.33. The van der Waals surface area contributed by atoms with Gasteiger partial charge in [0, 0.05) is 5.38 Å². The average molecular weight is 319 g/mol. The van der Waals surface area contributed by atoms with Gasteiger partial charge in [0.15, 0.2) is 0 Å². The smallest absolute Gasteiger partial charge is 0.393 e. The average Bonchev–Trinajstić information content (AvgIpc) is 3.07. The summed E-state index contributed by atoms with van der Waals surface area (Å²) in [6.45, 7) is 0. The molecule has 0 radical (unpaired) electrons. The Balaban J connectivity index is 1.93. The number of ether oxygens (including phenoxy) is 2. The monoisotopic (exact) mass is 319 g/mol. The molecule has 0 fully saturated rings. The number of nitro groups is 1. The maximum absolute atomic E-state index is 11.3. The van der Waals surface area contributed by atoms with Crippen molar-refractivity contribution in [1.82, 2.24) is 9.38 Å².